The van der Waals surface area contributed by atoms with Crippen LogP contribution in [0.4, 0.5) is 0 Å². The largest absolute Gasteiger partial charge is 0.481 e. The monoisotopic (exact) mass is 225 g/mol. The molecule has 0 aliphatic heterocycles. The number of carbonyl (C=O) groups excluding carboxylic acids is 1. The summed E-state index contributed by atoms with van der Waals surface area (Å²) in [5.41, 5.74) is 0.568. The normalized spacial score (nSPS) is 12.1. The first-order chi connectivity index (χ1) is 7.11. The second-order valence-electron chi connectivity index (χ2n) is 3.08. The van der Waals surface area contributed by atoms with Crippen molar-refractivity contribution in [2.45, 2.75) is 18.8 Å². The predicted molar refractivity (Wildman–Crippen MR) is 57.8 cm³/mol. The molecule has 0 aromatic carbocycles. The van der Waals surface area contributed by atoms with Gasteiger partial charge < -0.3 is 5.11 Å². The Bertz CT molecular complexity index is 353. The summed E-state index contributed by atoms with van der Waals surface area (Å²) in [5, 5.41) is 8.18. The van der Waals surface area contributed by atoms with Crippen molar-refractivity contribution in [2.75, 3.05) is 0 Å². The SMILES string of the molecule is O=C(O)CCC(C(=O)S)c1ccccn1. The zero-order chi connectivity index (χ0) is 11.3. The summed E-state index contributed by atoms with van der Waals surface area (Å²) < 4.78 is 0. The van der Waals surface area contributed by atoms with Crippen LogP contribution in [-0.4, -0.2) is 21.2 Å². The van der Waals surface area contributed by atoms with Gasteiger partial charge in [0.25, 0.3) is 0 Å². The van der Waals surface area contributed by atoms with E-state index in [1.165, 1.54) is 0 Å². The van der Waals surface area contributed by atoms with Crippen molar-refractivity contribution in [3.63, 3.8) is 0 Å². The predicted octanol–water partition coefficient (Wildman–Crippen LogP) is 1.49. The van der Waals surface area contributed by atoms with E-state index in [-0.39, 0.29) is 18.0 Å². The van der Waals surface area contributed by atoms with Crippen molar-refractivity contribution in [2.24, 2.45) is 0 Å². The highest BCUT2D eigenvalue weighted by molar-refractivity contribution is 7.96. The van der Waals surface area contributed by atoms with Crippen LogP contribution >= 0.6 is 12.6 Å². The lowest BCUT2D eigenvalue weighted by Gasteiger charge is -2.10. The summed E-state index contributed by atoms with van der Waals surface area (Å²) in [5.74, 6) is -1.46. The van der Waals surface area contributed by atoms with Gasteiger partial charge in [-0.3, -0.25) is 14.6 Å². The second-order valence-corrected chi connectivity index (χ2v) is 3.52. The molecule has 80 valence electrons. The van der Waals surface area contributed by atoms with Gasteiger partial charge in [-0.05, 0) is 18.6 Å². The van der Waals surface area contributed by atoms with E-state index in [4.69, 9.17) is 5.11 Å². The number of pyridine rings is 1. The Labute approximate surface area is 92.7 Å². The number of hydrogen-bond acceptors (Lipinski definition) is 3. The Hall–Kier alpha value is -1.36. The van der Waals surface area contributed by atoms with Gasteiger partial charge in [0.1, 0.15) is 0 Å². The number of rotatable bonds is 5. The summed E-state index contributed by atoms with van der Waals surface area (Å²) in [6.45, 7) is 0. The minimum atomic E-state index is -0.925. The highest BCUT2D eigenvalue weighted by Crippen LogP contribution is 2.21. The molecule has 15 heavy (non-hydrogen) atoms. The molecule has 0 aliphatic carbocycles. The molecule has 0 aliphatic rings. The third kappa shape index (κ3) is 3.71. The fraction of sp³-hybridized carbons (Fsp3) is 0.300. The van der Waals surface area contributed by atoms with Crippen molar-refractivity contribution in [3.05, 3.63) is 30.1 Å². The molecule has 1 atom stereocenters. The summed E-state index contributed by atoms with van der Waals surface area (Å²) in [6, 6.07) is 5.19. The first kappa shape index (κ1) is 11.7. The van der Waals surface area contributed by atoms with Gasteiger partial charge in [0.2, 0.25) is 0 Å². The molecule has 5 heteroatoms. The third-order valence-electron chi connectivity index (χ3n) is 1.99. The summed E-state index contributed by atoms with van der Waals surface area (Å²) in [6.07, 6.45) is 1.74. The summed E-state index contributed by atoms with van der Waals surface area (Å²) in [7, 11) is 0. The van der Waals surface area contributed by atoms with Crippen LogP contribution in [0, 0.1) is 0 Å². The van der Waals surface area contributed by atoms with Gasteiger partial charge in [-0.1, -0.05) is 6.07 Å². The molecule has 0 saturated carbocycles. The van der Waals surface area contributed by atoms with E-state index in [1.54, 1.807) is 24.4 Å². The number of carbonyl (C=O) groups is 2. The van der Waals surface area contributed by atoms with Gasteiger partial charge in [0, 0.05) is 12.6 Å². The van der Waals surface area contributed by atoms with E-state index in [9.17, 15) is 9.59 Å². The summed E-state index contributed by atoms with van der Waals surface area (Å²) >= 11 is 3.74. The zero-order valence-corrected chi connectivity index (χ0v) is 8.85. The van der Waals surface area contributed by atoms with Crippen LogP contribution in [0.2, 0.25) is 0 Å². The molecule has 0 saturated heterocycles. The number of nitrogens with zero attached hydrogens (tertiary/aromatic N) is 1. The molecular formula is C10H11NO3S. The van der Waals surface area contributed by atoms with Crippen LogP contribution in [0.15, 0.2) is 24.4 Å². The van der Waals surface area contributed by atoms with E-state index < -0.39 is 11.9 Å². The van der Waals surface area contributed by atoms with Gasteiger partial charge in [-0.25, -0.2) is 0 Å². The quantitative estimate of drug-likeness (QED) is 0.745. The fourth-order valence-corrected chi connectivity index (χ4v) is 1.51. The van der Waals surface area contributed by atoms with E-state index in [2.05, 4.69) is 17.6 Å². The van der Waals surface area contributed by atoms with Crippen molar-refractivity contribution >= 4 is 23.7 Å². The molecule has 0 radical (unpaired) electrons. The molecule has 1 aromatic rings. The molecule has 0 bridgehead atoms. The molecule has 1 aromatic heterocycles. The number of aliphatic carboxylic acids is 1. The highest BCUT2D eigenvalue weighted by Gasteiger charge is 2.19. The number of aromatic nitrogens is 1. The minimum Gasteiger partial charge on any atom is -0.481 e. The van der Waals surface area contributed by atoms with Crippen molar-refractivity contribution < 1.29 is 14.7 Å². The molecule has 0 spiro atoms. The molecular weight excluding hydrogens is 214 g/mol. The van der Waals surface area contributed by atoms with Gasteiger partial charge in [0.15, 0.2) is 5.12 Å². The van der Waals surface area contributed by atoms with Gasteiger partial charge >= 0.3 is 5.97 Å². The third-order valence-corrected chi connectivity index (χ3v) is 2.30. The van der Waals surface area contributed by atoms with Crippen LogP contribution in [0.1, 0.15) is 24.5 Å². The number of hydrogen-bond donors (Lipinski definition) is 2. The van der Waals surface area contributed by atoms with Crippen molar-refractivity contribution in [1.29, 1.82) is 0 Å². The van der Waals surface area contributed by atoms with Gasteiger partial charge in [-0.15, -0.1) is 12.6 Å². The average molecular weight is 225 g/mol. The van der Waals surface area contributed by atoms with E-state index >= 15 is 0 Å². The molecule has 1 N–H and O–H groups in total. The van der Waals surface area contributed by atoms with Crippen LogP contribution < -0.4 is 0 Å². The lowest BCUT2D eigenvalue weighted by Crippen LogP contribution is -2.10. The average Bonchev–Trinajstić information content (AvgIpc) is 2.18. The fourth-order valence-electron chi connectivity index (χ4n) is 1.25. The lowest BCUT2D eigenvalue weighted by atomic mass is 10.0. The maximum Gasteiger partial charge on any atom is 0.303 e. The number of carboxylic acids is 1. The Morgan fingerprint density at radius 3 is 2.67 bits per heavy atom. The highest BCUT2D eigenvalue weighted by atomic mass is 32.1. The Morgan fingerprint density at radius 2 is 2.20 bits per heavy atom. The second kappa shape index (κ2) is 5.50. The number of carboxylic acid groups (broad SMARTS) is 1. The van der Waals surface area contributed by atoms with Gasteiger partial charge in [0.05, 0.1) is 11.6 Å². The molecule has 4 nitrogen and oxygen atoms in total. The first-order valence-electron chi connectivity index (χ1n) is 4.47. The van der Waals surface area contributed by atoms with Crippen LogP contribution in [0.3, 0.4) is 0 Å². The molecule has 1 unspecified atom stereocenters. The minimum absolute atomic E-state index is 0.0620. The maximum atomic E-state index is 11.2. The number of thiol groups is 1. The Kier molecular flexibility index (Phi) is 4.30. The van der Waals surface area contributed by atoms with Crippen LogP contribution in [0.5, 0.6) is 0 Å². The topological polar surface area (TPSA) is 67.3 Å². The summed E-state index contributed by atoms with van der Waals surface area (Å²) in [4.78, 5) is 25.6. The molecule has 0 fully saturated rings. The smallest absolute Gasteiger partial charge is 0.303 e. The maximum absolute atomic E-state index is 11.2. The van der Waals surface area contributed by atoms with Gasteiger partial charge in [-0.2, -0.15) is 0 Å². The molecule has 0 amide bonds. The standard InChI is InChI=1S/C10H11NO3S/c12-9(13)5-4-7(10(14)15)8-3-1-2-6-11-8/h1-3,6-7H,4-5H2,(H,12,13)(H,14,15). The Morgan fingerprint density at radius 1 is 1.47 bits per heavy atom. The first-order valence-corrected chi connectivity index (χ1v) is 4.91. The van der Waals surface area contributed by atoms with Crippen LogP contribution in [-0.2, 0) is 9.59 Å². The van der Waals surface area contributed by atoms with Crippen molar-refractivity contribution in [1.82, 2.24) is 4.98 Å². The van der Waals surface area contributed by atoms with Crippen molar-refractivity contribution in [3.8, 4) is 0 Å². The lowest BCUT2D eigenvalue weighted by molar-refractivity contribution is -0.137. The van der Waals surface area contributed by atoms with Crippen LogP contribution in [0.25, 0.3) is 0 Å². The zero-order valence-electron chi connectivity index (χ0n) is 7.96. The molecule has 1 heterocycles. The van der Waals surface area contributed by atoms with E-state index in [0.29, 0.717) is 5.69 Å². The van der Waals surface area contributed by atoms with E-state index in [0.717, 1.165) is 0 Å². The Balaban J connectivity index is 2.75. The molecule has 1 rings (SSSR count). The van der Waals surface area contributed by atoms with E-state index in [1.807, 2.05) is 0 Å².